The topological polar surface area (TPSA) is 12.5 Å². The summed E-state index contributed by atoms with van der Waals surface area (Å²) in [5, 5.41) is 0. The third-order valence-corrected chi connectivity index (χ3v) is 2.04. The van der Waals surface area contributed by atoms with E-state index in [0.717, 1.165) is 19.6 Å². The predicted octanol–water partition coefficient (Wildman–Crippen LogP) is 1.46. The van der Waals surface area contributed by atoms with Crippen molar-refractivity contribution in [1.29, 1.82) is 0 Å². The molecule has 0 radical (unpaired) electrons. The summed E-state index contributed by atoms with van der Waals surface area (Å²) in [7, 11) is 0. The molecule has 1 fully saturated rings. The Balaban J connectivity index is 2.42. The van der Waals surface area contributed by atoms with E-state index in [9.17, 15) is 0 Å². The van der Waals surface area contributed by atoms with E-state index in [1.165, 1.54) is 0 Å². The predicted molar refractivity (Wildman–Crippen MR) is 41.9 cm³/mol. The summed E-state index contributed by atoms with van der Waals surface area (Å²) in [6.45, 7) is 8.63. The maximum atomic E-state index is 5.50. The van der Waals surface area contributed by atoms with Crippen LogP contribution in [0, 0.1) is 0 Å². The lowest BCUT2D eigenvalue weighted by Gasteiger charge is -2.25. The van der Waals surface area contributed by atoms with E-state index in [4.69, 9.17) is 4.74 Å². The van der Waals surface area contributed by atoms with Crippen LogP contribution in [0.5, 0.6) is 0 Å². The minimum Gasteiger partial charge on any atom is -0.362 e. The summed E-state index contributed by atoms with van der Waals surface area (Å²) in [6, 6.07) is 0.632. The van der Waals surface area contributed by atoms with E-state index in [1.807, 2.05) is 0 Å². The summed E-state index contributed by atoms with van der Waals surface area (Å²) >= 11 is 0. The van der Waals surface area contributed by atoms with Crippen molar-refractivity contribution >= 4 is 0 Å². The first-order valence-electron chi connectivity index (χ1n) is 4.13. The third kappa shape index (κ3) is 1.50. The minimum absolute atomic E-state index is 0.389. The number of hydrogen-bond acceptors (Lipinski definition) is 2. The fraction of sp³-hybridized carbons (Fsp3) is 1.00. The van der Waals surface area contributed by atoms with Gasteiger partial charge in [0.05, 0.1) is 6.61 Å². The Hall–Kier alpha value is -0.0800. The molecule has 0 amide bonds. The van der Waals surface area contributed by atoms with Gasteiger partial charge in [0.15, 0.2) is 0 Å². The van der Waals surface area contributed by atoms with Gasteiger partial charge < -0.3 is 4.74 Å². The molecule has 1 aliphatic heterocycles. The van der Waals surface area contributed by atoms with Gasteiger partial charge in [-0.15, -0.1) is 0 Å². The molecule has 1 aliphatic rings. The summed E-state index contributed by atoms with van der Waals surface area (Å²) in [6.07, 6.45) is 1.50. The zero-order valence-corrected chi connectivity index (χ0v) is 7.13. The van der Waals surface area contributed by atoms with Crippen molar-refractivity contribution in [3.8, 4) is 0 Å². The highest BCUT2D eigenvalue weighted by atomic mass is 16.5. The van der Waals surface area contributed by atoms with Crippen molar-refractivity contribution in [2.24, 2.45) is 0 Å². The van der Waals surface area contributed by atoms with Crippen molar-refractivity contribution in [2.75, 3.05) is 13.2 Å². The van der Waals surface area contributed by atoms with Gasteiger partial charge in [-0.3, -0.25) is 4.90 Å². The zero-order valence-electron chi connectivity index (χ0n) is 7.13. The molecule has 0 N–H and O–H groups in total. The van der Waals surface area contributed by atoms with Crippen molar-refractivity contribution in [3.05, 3.63) is 0 Å². The molecule has 1 atom stereocenters. The van der Waals surface area contributed by atoms with Gasteiger partial charge in [-0.25, -0.2) is 0 Å². The molecule has 2 nitrogen and oxygen atoms in total. The van der Waals surface area contributed by atoms with Gasteiger partial charge in [-0.2, -0.15) is 0 Å². The highest BCUT2D eigenvalue weighted by Gasteiger charge is 2.24. The molecule has 10 heavy (non-hydrogen) atoms. The molecule has 0 aromatic carbocycles. The van der Waals surface area contributed by atoms with E-state index in [0.29, 0.717) is 12.3 Å². The number of ether oxygens (including phenoxy) is 1. The Bertz CT molecular complexity index is 103. The maximum Gasteiger partial charge on any atom is 0.110 e. The first kappa shape index (κ1) is 8.02. The Morgan fingerprint density at radius 3 is 2.70 bits per heavy atom. The van der Waals surface area contributed by atoms with Crippen LogP contribution < -0.4 is 0 Å². The molecule has 0 saturated carbocycles. The second-order valence-electron chi connectivity index (χ2n) is 3.07. The third-order valence-electron chi connectivity index (χ3n) is 2.04. The second-order valence-corrected chi connectivity index (χ2v) is 3.07. The van der Waals surface area contributed by atoms with E-state index < -0.39 is 0 Å². The highest BCUT2D eigenvalue weighted by molar-refractivity contribution is 4.71. The SMILES string of the molecule is CCC1OCCN1C(C)C. The van der Waals surface area contributed by atoms with Gasteiger partial charge in [0.2, 0.25) is 0 Å². The molecule has 1 saturated heterocycles. The molecule has 0 bridgehead atoms. The zero-order chi connectivity index (χ0) is 7.56. The van der Waals surface area contributed by atoms with E-state index in [2.05, 4.69) is 25.7 Å². The Kier molecular flexibility index (Phi) is 2.69. The number of hydrogen-bond donors (Lipinski definition) is 0. The molecule has 0 aromatic rings. The minimum atomic E-state index is 0.389. The van der Waals surface area contributed by atoms with Crippen LogP contribution in [-0.2, 0) is 4.74 Å². The number of rotatable bonds is 2. The van der Waals surface area contributed by atoms with Crippen LogP contribution in [0.2, 0.25) is 0 Å². The second kappa shape index (κ2) is 3.35. The smallest absolute Gasteiger partial charge is 0.110 e. The fourth-order valence-electron chi connectivity index (χ4n) is 1.48. The quantitative estimate of drug-likeness (QED) is 0.580. The molecular formula is C8H17NO. The van der Waals surface area contributed by atoms with Gasteiger partial charge in [0, 0.05) is 12.6 Å². The lowest BCUT2D eigenvalue weighted by molar-refractivity contribution is 0.0171. The average Bonchev–Trinajstić information content (AvgIpc) is 2.33. The first-order chi connectivity index (χ1) is 4.75. The van der Waals surface area contributed by atoms with Crippen molar-refractivity contribution < 1.29 is 4.74 Å². The molecule has 2 heteroatoms. The molecule has 0 aliphatic carbocycles. The van der Waals surface area contributed by atoms with Crippen LogP contribution in [0.25, 0.3) is 0 Å². The van der Waals surface area contributed by atoms with Gasteiger partial charge in [-0.1, -0.05) is 6.92 Å². The lowest BCUT2D eigenvalue weighted by Crippen LogP contribution is -2.35. The van der Waals surface area contributed by atoms with E-state index in [-0.39, 0.29) is 0 Å². The van der Waals surface area contributed by atoms with Crippen molar-refractivity contribution in [3.63, 3.8) is 0 Å². The van der Waals surface area contributed by atoms with Crippen LogP contribution in [0.1, 0.15) is 27.2 Å². The molecule has 1 unspecified atom stereocenters. The van der Waals surface area contributed by atoms with Crippen molar-refractivity contribution in [2.45, 2.75) is 39.5 Å². The van der Waals surface area contributed by atoms with Gasteiger partial charge in [0.25, 0.3) is 0 Å². The molecular weight excluding hydrogens is 126 g/mol. The largest absolute Gasteiger partial charge is 0.362 e. The lowest BCUT2D eigenvalue weighted by atomic mass is 10.3. The fourth-order valence-corrected chi connectivity index (χ4v) is 1.48. The molecule has 60 valence electrons. The van der Waals surface area contributed by atoms with E-state index >= 15 is 0 Å². The highest BCUT2D eigenvalue weighted by Crippen LogP contribution is 2.15. The number of nitrogens with zero attached hydrogens (tertiary/aromatic N) is 1. The summed E-state index contributed by atoms with van der Waals surface area (Å²) in [5.41, 5.74) is 0. The van der Waals surface area contributed by atoms with Crippen LogP contribution in [0.15, 0.2) is 0 Å². The summed E-state index contributed by atoms with van der Waals surface area (Å²) in [5.74, 6) is 0. The normalized spacial score (nSPS) is 28.2. The van der Waals surface area contributed by atoms with Gasteiger partial charge in [-0.05, 0) is 20.3 Å². The van der Waals surface area contributed by atoms with Gasteiger partial charge in [0.1, 0.15) is 6.23 Å². The average molecular weight is 143 g/mol. The Morgan fingerprint density at radius 1 is 1.60 bits per heavy atom. The summed E-state index contributed by atoms with van der Waals surface area (Å²) < 4.78 is 5.50. The summed E-state index contributed by atoms with van der Waals surface area (Å²) in [4.78, 5) is 2.40. The molecule has 0 spiro atoms. The van der Waals surface area contributed by atoms with Crippen LogP contribution in [0.4, 0.5) is 0 Å². The first-order valence-corrected chi connectivity index (χ1v) is 4.13. The molecule has 1 heterocycles. The monoisotopic (exact) mass is 143 g/mol. The standard InChI is InChI=1S/C8H17NO/c1-4-8-9(7(2)3)5-6-10-8/h7-8H,4-6H2,1-3H3. The molecule has 1 rings (SSSR count). The van der Waals surface area contributed by atoms with Crippen LogP contribution in [0.3, 0.4) is 0 Å². The van der Waals surface area contributed by atoms with Crippen LogP contribution in [-0.4, -0.2) is 30.3 Å². The molecule has 0 aromatic heterocycles. The Labute approximate surface area is 63.2 Å². The van der Waals surface area contributed by atoms with E-state index in [1.54, 1.807) is 0 Å². The van der Waals surface area contributed by atoms with Gasteiger partial charge >= 0.3 is 0 Å². The van der Waals surface area contributed by atoms with Crippen molar-refractivity contribution in [1.82, 2.24) is 4.90 Å². The van der Waals surface area contributed by atoms with Crippen LogP contribution >= 0.6 is 0 Å². The maximum absolute atomic E-state index is 5.50. The Morgan fingerprint density at radius 2 is 2.30 bits per heavy atom.